The predicted molar refractivity (Wildman–Crippen MR) is 103 cm³/mol. The van der Waals surface area contributed by atoms with Gasteiger partial charge in [0.15, 0.2) is 0 Å². The first-order valence-corrected chi connectivity index (χ1v) is 9.47. The number of hydrogen-bond donors (Lipinski definition) is 1. The molecule has 0 aromatic carbocycles. The zero-order chi connectivity index (χ0) is 17.6. The molecule has 2 atom stereocenters. The molecule has 0 saturated carbocycles. The molecule has 1 aromatic rings. The van der Waals surface area contributed by atoms with Crippen molar-refractivity contribution in [1.29, 1.82) is 0 Å². The molecular weight excluding hydrogens is 312 g/mol. The van der Waals surface area contributed by atoms with Crippen LogP contribution in [0.5, 0.6) is 0 Å². The summed E-state index contributed by atoms with van der Waals surface area (Å²) in [5.74, 6) is 1.53. The van der Waals surface area contributed by atoms with Crippen molar-refractivity contribution in [2.75, 3.05) is 37.4 Å². The number of amides is 1. The third-order valence-corrected chi connectivity index (χ3v) is 5.23. The molecule has 1 aliphatic carbocycles. The van der Waals surface area contributed by atoms with E-state index >= 15 is 0 Å². The highest BCUT2D eigenvalue weighted by atomic mass is 16.2. The van der Waals surface area contributed by atoms with Crippen molar-refractivity contribution in [2.45, 2.75) is 44.6 Å². The van der Waals surface area contributed by atoms with E-state index in [1.807, 2.05) is 31.3 Å². The van der Waals surface area contributed by atoms with Crippen LogP contribution >= 0.6 is 0 Å². The van der Waals surface area contributed by atoms with E-state index in [1.54, 1.807) is 0 Å². The quantitative estimate of drug-likeness (QED) is 0.853. The van der Waals surface area contributed by atoms with Gasteiger partial charge in [-0.25, -0.2) is 4.98 Å². The highest BCUT2D eigenvalue weighted by molar-refractivity contribution is 5.79. The molecule has 0 bridgehead atoms. The standard InChI is InChI=1S/C20H30N4O/c1-23(2)19-11-10-18(15-21-19)22-17-9-6-13-24(14-12-17)20(25)16-7-4-3-5-8-16/h3-4,10-11,15-17,22H,5-9,12-14H2,1-2H3/t16-,17-/m1/s1. The second-order valence-electron chi connectivity index (χ2n) is 7.38. The number of allylic oxidation sites excluding steroid dienone is 2. The van der Waals surface area contributed by atoms with Crippen molar-refractivity contribution in [3.8, 4) is 0 Å². The lowest BCUT2D eigenvalue weighted by molar-refractivity contribution is -0.135. The van der Waals surface area contributed by atoms with E-state index < -0.39 is 0 Å². The third kappa shape index (κ3) is 4.74. The smallest absolute Gasteiger partial charge is 0.226 e. The Morgan fingerprint density at radius 1 is 1.20 bits per heavy atom. The van der Waals surface area contributed by atoms with Crippen LogP contribution in [0.2, 0.25) is 0 Å². The first kappa shape index (κ1) is 17.8. The van der Waals surface area contributed by atoms with E-state index in [-0.39, 0.29) is 5.92 Å². The summed E-state index contributed by atoms with van der Waals surface area (Å²) in [5.41, 5.74) is 1.06. The summed E-state index contributed by atoms with van der Waals surface area (Å²) in [4.78, 5) is 21.3. The summed E-state index contributed by atoms with van der Waals surface area (Å²) >= 11 is 0. The molecule has 5 heteroatoms. The first-order valence-electron chi connectivity index (χ1n) is 9.47. The van der Waals surface area contributed by atoms with Crippen LogP contribution in [0, 0.1) is 5.92 Å². The summed E-state index contributed by atoms with van der Waals surface area (Å²) in [7, 11) is 3.99. The number of pyridine rings is 1. The van der Waals surface area contributed by atoms with Crippen LogP contribution in [-0.2, 0) is 4.79 Å². The number of nitrogens with one attached hydrogen (secondary N) is 1. The van der Waals surface area contributed by atoms with Crippen LogP contribution in [0.25, 0.3) is 0 Å². The topological polar surface area (TPSA) is 48.5 Å². The Kier molecular flexibility index (Phi) is 5.95. The monoisotopic (exact) mass is 342 g/mol. The number of rotatable bonds is 4. The Labute approximate surface area is 151 Å². The van der Waals surface area contributed by atoms with Gasteiger partial charge in [-0.1, -0.05) is 12.2 Å². The molecule has 25 heavy (non-hydrogen) atoms. The highest BCUT2D eigenvalue weighted by Gasteiger charge is 2.26. The number of carbonyl (C=O) groups is 1. The molecule has 136 valence electrons. The molecule has 1 aromatic heterocycles. The zero-order valence-corrected chi connectivity index (χ0v) is 15.4. The molecule has 2 heterocycles. The van der Waals surface area contributed by atoms with Crippen LogP contribution in [0.3, 0.4) is 0 Å². The van der Waals surface area contributed by atoms with Crippen LogP contribution in [-0.4, -0.2) is 49.0 Å². The Morgan fingerprint density at radius 2 is 2.08 bits per heavy atom. The summed E-state index contributed by atoms with van der Waals surface area (Å²) < 4.78 is 0. The van der Waals surface area contributed by atoms with Gasteiger partial charge in [-0.05, 0) is 50.7 Å². The lowest BCUT2D eigenvalue weighted by atomic mass is 9.93. The summed E-state index contributed by atoms with van der Waals surface area (Å²) in [6.07, 6.45) is 12.4. The SMILES string of the molecule is CN(C)c1ccc(N[C@@H]2CCCN(C(=O)[C@@H]3CC=CCC3)CC2)cn1. The Bertz CT molecular complexity index is 596. The second kappa shape index (κ2) is 8.37. The van der Waals surface area contributed by atoms with Crippen LogP contribution in [0.1, 0.15) is 38.5 Å². The maximum absolute atomic E-state index is 12.7. The number of carbonyl (C=O) groups excluding carboxylic acids is 1. The maximum atomic E-state index is 12.7. The lowest BCUT2D eigenvalue weighted by Crippen LogP contribution is -2.37. The predicted octanol–water partition coefficient (Wildman–Crippen LogP) is 3.30. The van der Waals surface area contributed by atoms with Gasteiger partial charge in [0.05, 0.1) is 11.9 Å². The Morgan fingerprint density at radius 3 is 2.76 bits per heavy atom. The van der Waals surface area contributed by atoms with Gasteiger partial charge >= 0.3 is 0 Å². The summed E-state index contributed by atoms with van der Waals surface area (Å²) in [5, 5.41) is 3.60. The van der Waals surface area contributed by atoms with Crippen molar-refractivity contribution in [3.05, 3.63) is 30.5 Å². The van der Waals surface area contributed by atoms with Crippen molar-refractivity contribution < 1.29 is 4.79 Å². The van der Waals surface area contributed by atoms with E-state index in [9.17, 15) is 4.79 Å². The van der Waals surface area contributed by atoms with E-state index in [4.69, 9.17) is 0 Å². The van der Waals surface area contributed by atoms with Gasteiger partial charge in [-0.15, -0.1) is 0 Å². The number of anilines is 2. The molecule has 1 fully saturated rings. The fraction of sp³-hybridized carbons (Fsp3) is 0.600. The minimum Gasteiger partial charge on any atom is -0.381 e. The van der Waals surface area contributed by atoms with Gasteiger partial charge in [0.2, 0.25) is 5.91 Å². The molecule has 0 spiro atoms. The van der Waals surface area contributed by atoms with E-state index in [0.29, 0.717) is 11.9 Å². The van der Waals surface area contributed by atoms with Gasteiger partial charge in [-0.2, -0.15) is 0 Å². The molecule has 0 radical (unpaired) electrons. The van der Waals surface area contributed by atoms with Gasteiger partial charge < -0.3 is 15.1 Å². The fourth-order valence-corrected chi connectivity index (χ4v) is 3.71. The first-order chi connectivity index (χ1) is 12.1. The Hall–Kier alpha value is -2.04. The van der Waals surface area contributed by atoms with Gasteiger partial charge in [0, 0.05) is 39.1 Å². The fourth-order valence-electron chi connectivity index (χ4n) is 3.71. The molecule has 1 N–H and O–H groups in total. The highest BCUT2D eigenvalue weighted by Crippen LogP contribution is 2.23. The molecule has 1 saturated heterocycles. The molecular formula is C20H30N4O. The number of hydrogen-bond acceptors (Lipinski definition) is 4. The average Bonchev–Trinajstić information content (AvgIpc) is 2.88. The molecule has 1 amide bonds. The molecule has 2 aliphatic rings. The second-order valence-corrected chi connectivity index (χ2v) is 7.38. The number of nitrogens with zero attached hydrogens (tertiary/aromatic N) is 3. The van der Waals surface area contributed by atoms with Gasteiger partial charge in [0.1, 0.15) is 5.82 Å². The van der Waals surface area contributed by atoms with Gasteiger partial charge in [-0.3, -0.25) is 4.79 Å². The lowest BCUT2D eigenvalue weighted by Gasteiger charge is -2.27. The van der Waals surface area contributed by atoms with Crippen molar-refractivity contribution in [1.82, 2.24) is 9.88 Å². The number of aromatic nitrogens is 1. The minimum atomic E-state index is 0.206. The molecule has 5 nitrogen and oxygen atoms in total. The molecule has 3 rings (SSSR count). The van der Waals surface area contributed by atoms with Gasteiger partial charge in [0.25, 0.3) is 0 Å². The van der Waals surface area contributed by atoms with Crippen LogP contribution in [0.15, 0.2) is 30.5 Å². The Balaban J connectivity index is 1.52. The normalized spacial score (nSPS) is 23.8. The van der Waals surface area contributed by atoms with Crippen molar-refractivity contribution >= 4 is 17.4 Å². The summed E-state index contributed by atoms with van der Waals surface area (Å²) in [6, 6.07) is 4.53. The van der Waals surface area contributed by atoms with E-state index in [2.05, 4.69) is 33.4 Å². The average molecular weight is 342 g/mol. The van der Waals surface area contributed by atoms with Crippen molar-refractivity contribution in [3.63, 3.8) is 0 Å². The third-order valence-electron chi connectivity index (χ3n) is 5.23. The minimum absolute atomic E-state index is 0.206. The summed E-state index contributed by atoms with van der Waals surface area (Å²) in [6.45, 7) is 1.76. The maximum Gasteiger partial charge on any atom is 0.226 e. The van der Waals surface area contributed by atoms with Crippen molar-refractivity contribution in [2.24, 2.45) is 5.92 Å². The molecule has 0 unspecified atom stereocenters. The molecule has 1 aliphatic heterocycles. The largest absolute Gasteiger partial charge is 0.381 e. The van der Waals surface area contributed by atoms with Crippen LogP contribution in [0.4, 0.5) is 11.5 Å². The van der Waals surface area contributed by atoms with E-state index in [0.717, 1.165) is 63.1 Å². The number of likely N-dealkylation sites (tertiary alicyclic amines) is 1. The van der Waals surface area contributed by atoms with Crippen LogP contribution < -0.4 is 10.2 Å². The van der Waals surface area contributed by atoms with E-state index in [1.165, 1.54) is 0 Å². The zero-order valence-electron chi connectivity index (χ0n) is 15.4.